The molecule has 0 bridgehead atoms. The maximum Gasteiger partial charge on any atom is 0.222 e. The van der Waals surface area contributed by atoms with E-state index in [2.05, 4.69) is 74.5 Å². The van der Waals surface area contributed by atoms with Gasteiger partial charge in [-0.2, -0.15) is 0 Å². The molecule has 6 rings (SSSR count). The molecule has 15 heteroatoms. The number of carboxylic acid groups (broad SMARTS) is 2. The van der Waals surface area contributed by atoms with Gasteiger partial charge in [-0.25, -0.2) is 0 Å². The third kappa shape index (κ3) is 27.5. The zero-order valence-corrected chi connectivity index (χ0v) is 58.9. The number of benzene rings is 4. The van der Waals surface area contributed by atoms with E-state index in [4.69, 9.17) is 51.2 Å². The molecule has 0 aromatic heterocycles. The number of amides is 2. The number of carbonyl (C=O) groups excluding carboxylic acids is 4. The summed E-state index contributed by atoms with van der Waals surface area (Å²) in [6, 6.07) is 22.2. The molecule has 92 heavy (non-hydrogen) atoms. The van der Waals surface area contributed by atoms with Crippen LogP contribution in [0.25, 0.3) is 5.57 Å². The Bertz CT molecular complexity index is 3090. The van der Waals surface area contributed by atoms with Crippen molar-refractivity contribution in [2.75, 3.05) is 44.4 Å². The molecule has 4 aromatic rings. The fourth-order valence-electron chi connectivity index (χ4n) is 11.2. The van der Waals surface area contributed by atoms with Gasteiger partial charge in [-0.05, 0) is 166 Å². The topological polar surface area (TPSA) is 250 Å². The number of nitrogen functional groups attached to an aromatic ring is 3. The number of aryl methyl sites for hydroxylation is 4. The van der Waals surface area contributed by atoms with Crippen LogP contribution < -0.4 is 38.2 Å². The first-order chi connectivity index (χ1) is 43.7. The van der Waals surface area contributed by atoms with Gasteiger partial charge in [0.05, 0.1) is 0 Å². The number of rotatable bonds is 31. The molecule has 502 valence electrons. The Morgan fingerprint density at radius 2 is 0.913 bits per heavy atom. The van der Waals surface area contributed by atoms with Crippen molar-refractivity contribution in [1.29, 1.82) is 0 Å². The molecule has 0 heterocycles. The lowest BCUT2D eigenvalue weighted by Crippen LogP contribution is -2.42. The third-order valence-corrected chi connectivity index (χ3v) is 17.9. The van der Waals surface area contributed by atoms with E-state index in [0.29, 0.717) is 22.9 Å². The molecule has 1 unspecified atom stereocenters. The minimum Gasteiger partial charge on any atom is -0.550 e. The van der Waals surface area contributed by atoms with E-state index in [-0.39, 0.29) is 49.6 Å². The number of aliphatic carboxylic acids is 2. The molecular weight excluding hydrogens is 1190 g/mol. The van der Waals surface area contributed by atoms with E-state index in [1.54, 1.807) is 14.1 Å². The molecule has 0 spiro atoms. The van der Waals surface area contributed by atoms with E-state index in [1.165, 1.54) is 99.7 Å². The van der Waals surface area contributed by atoms with Crippen LogP contribution in [0.3, 0.4) is 0 Å². The lowest BCUT2D eigenvalue weighted by Gasteiger charge is -2.29. The Kier molecular flexibility index (Phi) is 36.2. The van der Waals surface area contributed by atoms with Gasteiger partial charge < -0.3 is 46.8 Å². The number of nitrogens with zero attached hydrogens (tertiary/aromatic N) is 2. The number of carbonyl (C=O) groups is 4. The van der Waals surface area contributed by atoms with Gasteiger partial charge in [-0.1, -0.05) is 182 Å². The molecule has 10 N–H and O–H groups in total. The van der Waals surface area contributed by atoms with Crippen molar-refractivity contribution in [3.05, 3.63) is 174 Å². The van der Waals surface area contributed by atoms with Crippen LogP contribution in [0.15, 0.2) is 119 Å². The highest BCUT2D eigenvalue weighted by molar-refractivity contribution is 6.36. The summed E-state index contributed by atoms with van der Waals surface area (Å²) in [6.07, 6.45) is 33.6. The highest BCUT2D eigenvalue weighted by Crippen LogP contribution is 2.44. The largest absolute Gasteiger partial charge is 0.550 e. The summed E-state index contributed by atoms with van der Waals surface area (Å²) < 4.78 is 0. The molecule has 0 saturated heterocycles. The van der Waals surface area contributed by atoms with Gasteiger partial charge in [0.1, 0.15) is 0 Å². The smallest absolute Gasteiger partial charge is 0.222 e. The number of hydrogen-bond acceptors (Lipinski definition) is 9. The monoisotopic (exact) mass is 1300 g/mol. The Balaban J connectivity index is 0.000000324. The SMILES string of the molecule is CC1=CC(=C(c2ccc(N)c(C)c2)c2ccc(N)c(C)c2)C=CC1=[NH2+].CC1=CC(C(c2cc(C)c(N)c(C)c2)c2c(Cl)cccc2Cl)C=C(C)C1=[NH2+].CCCCCCCCCCCC(=O)N(C)CCC(=O)[O-].CCCCCCCCCCCC(=O)N(C)CCC(=O)[O-]. The van der Waals surface area contributed by atoms with Crippen LogP contribution in [0.4, 0.5) is 17.1 Å². The minimum atomic E-state index is -1.10. The predicted molar refractivity (Wildman–Crippen MR) is 382 cm³/mol. The molecular formula is C77H109Cl2N7O6. The van der Waals surface area contributed by atoms with Crippen molar-refractivity contribution >= 4 is 81.0 Å². The second-order valence-corrected chi connectivity index (χ2v) is 25.8. The lowest BCUT2D eigenvalue weighted by atomic mass is 9.75. The van der Waals surface area contributed by atoms with Crippen LogP contribution in [-0.2, 0) is 19.2 Å². The predicted octanol–water partition coefficient (Wildman–Crippen LogP) is 13.0. The van der Waals surface area contributed by atoms with Crippen LogP contribution >= 0.6 is 23.2 Å². The number of nitrogens with two attached hydrogens (primary N) is 5. The van der Waals surface area contributed by atoms with Crippen molar-refractivity contribution in [2.45, 2.75) is 209 Å². The van der Waals surface area contributed by atoms with E-state index >= 15 is 0 Å². The van der Waals surface area contributed by atoms with Crippen LogP contribution in [0.2, 0.25) is 10.0 Å². The summed E-state index contributed by atoms with van der Waals surface area (Å²) in [7, 11) is 3.30. The quantitative estimate of drug-likeness (QED) is 0.0237. The van der Waals surface area contributed by atoms with Crippen molar-refractivity contribution in [3.8, 4) is 0 Å². The molecule has 13 nitrogen and oxygen atoms in total. The maximum atomic E-state index is 11.7. The highest BCUT2D eigenvalue weighted by atomic mass is 35.5. The number of halogens is 2. The highest BCUT2D eigenvalue weighted by Gasteiger charge is 2.31. The first kappa shape index (κ1) is 79.0. The average molecular weight is 1300 g/mol. The molecule has 2 amide bonds. The average Bonchev–Trinajstić information content (AvgIpc) is 0.789. The molecule has 4 aromatic carbocycles. The van der Waals surface area contributed by atoms with E-state index in [9.17, 15) is 29.4 Å². The zero-order valence-electron chi connectivity index (χ0n) is 57.3. The van der Waals surface area contributed by atoms with Gasteiger partial charge >= 0.3 is 0 Å². The Morgan fingerprint density at radius 3 is 1.28 bits per heavy atom. The Hall–Kier alpha value is -7.22. The van der Waals surface area contributed by atoms with Crippen molar-refractivity contribution in [1.82, 2.24) is 9.80 Å². The molecule has 0 fully saturated rings. The fraction of sp³-hybridized carbons (Fsp3) is 0.481. The van der Waals surface area contributed by atoms with Gasteiger partial charge in [0.15, 0.2) is 5.71 Å². The van der Waals surface area contributed by atoms with Crippen molar-refractivity contribution in [2.24, 2.45) is 5.92 Å². The molecule has 0 radical (unpaired) electrons. The van der Waals surface area contributed by atoms with Crippen molar-refractivity contribution < 1.29 is 40.2 Å². The number of anilines is 3. The second-order valence-electron chi connectivity index (χ2n) is 25.0. The molecule has 1 atom stereocenters. The van der Waals surface area contributed by atoms with Gasteiger partial charge in [-0.3, -0.25) is 20.4 Å². The normalized spacial score (nSPS) is 13.1. The summed E-state index contributed by atoms with van der Waals surface area (Å²) in [5.74, 6) is -2.07. The van der Waals surface area contributed by atoms with Crippen molar-refractivity contribution in [3.63, 3.8) is 0 Å². The maximum absolute atomic E-state index is 11.7. The number of carboxylic acids is 2. The first-order valence-electron chi connectivity index (χ1n) is 33.4. The molecule has 0 aliphatic heterocycles. The zero-order chi connectivity index (χ0) is 68.5. The van der Waals surface area contributed by atoms with Gasteiger partial charge in [0.25, 0.3) is 0 Å². The summed E-state index contributed by atoms with van der Waals surface area (Å²) in [5.41, 5.74) is 36.3. The first-order valence-corrected chi connectivity index (χ1v) is 34.1. The molecule has 2 aliphatic carbocycles. The van der Waals surface area contributed by atoms with E-state index < -0.39 is 11.9 Å². The summed E-state index contributed by atoms with van der Waals surface area (Å²) in [4.78, 5) is 46.9. The fourth-order valence-corrected chi connectivity index (χ4v) is 11.8. The minimum absolute atomic E-state index is 0.0257. The summed E-state index contributed by atoms with van der Waals surface area (Å²) >= 11 is 13.3. The summed E-state index contributed by atoms with van der Waals surface area (Å²) in [6.45, 7) is 19.2. The van der Waals surface area contributed by atoms with Gasteiger partial charge in [-0.15, -0.1) is 0 Å². The van der Waals surface area contributed by atoms with E-state index in [0.717, 1.165) is 127 Å². The van der Waals surface area contributed by atoms with E-state index in [1.807, 2.05) is 84.9 Å². The summed E-state index contributed by atoms with van der Waals surface area (Å²) in [5, 5.41) is 34.2. The van der Waals surface area contributed by atoms with Gasteiger partial charge in [0.2, 0.25) is 17.5 Å². The Labute approximate surface area is 561 Å². The number of allylic oxidation sites excluding steroid dienone is 9. The third-order valence-electron chi connectivity index (χ3n) is 17.2. The number of hydrogen-bond donors (Lipinski definition) is 5. The second kappa shape index (κ2) is 42.1. The van der Waals surface area contributed by atoms with Crippen LogP contribution in [0.5, 0.6) is 0 Å². The lowest BCUT2D eigenvalue weighted by molar-refractivity contribution is -0.307. The Morgan fingerprint density at radius 1 is 0.522 bits per heavy atom. The van der Waals surface area contributed by atoms with Crippen LogP contribution in [0, 0.1) is 33.6 Å². The molecule has 0 saturated carbocycles. The standard InChI is InChI=1S/C23H24Cl2N2.C22H23N3.2C16H31NO3/c1-12-8-16(9-13(2)22(12)26)20(21-18(24)6-5-7-19(21)25)17-10-14(3)23(27)15(4)11-17;1-13-10-16(4-7-19(13)23)22(17-5-8-20(24)14(2)11-17)18-6-9-21(25)15(3)12-18;2*1-3-4-5-6-7-8-9-10-11-12-15(18)17(2)14-13-16(19)20/h5-11,16,20,26H,27H2,1-4H3;4-12,23H,24-25H2,1-3H3;2*3-14H2,1-2H3,(H,19,20). The number of unbranched alkanes of at least 4 members (excludes halogenated alkanes) is 16. The molecule has 2 aliphatic rings. The van der Waals surface area contributed by atoms with Crippen LogP contribution in [0.1, 0.15) is 226 Å². The van der Waals surface area contributed by atoms with Gasteiger partial charge in [0, 0.05) is 127 Å². The van der Waals surface area contributed by atoms with Crippen LogP contribution in [-0.4, -0.2) is 72.2 Å².